The lowest BCUT2D eigenvalue weighted by Crippen LogP contribution is -2.41. The first-order valence-corrected chi connectivity index (χ1v) is 4.40. The number of fused-ring (bicyclic) bond motifs is 1. The Kier molecular flexibility index (Phi) is 3.66. The van der Waals surface area contributed by atoms with Crippen molar-refractivity contribution in [1.29, 1.82) is 0 Å². The molecular formula is C10H11ClFNO2. The molecule has 5 heteroatoms. The smallest absolute Gasteiger partial charge is 0.321 e. The molecule has 0 saturated heterocycles. The van der Waals surface area contributed by atoms with E-state index >= 15 is 0 Å². The maximum absolute atomic E-state index is 12.9. The van der Waals surface area contributed by atoms with Gasteiger partial charge in [0, 0.05) is 6.54 Å². The lowest BCUT2D eigenvalue weighted by Gasteiger charge is -2.22. The number of hydrogen-bond donors (Lipinski definition) is 2. The fourth-order valence-electron chi connectivity index (χ4n) is 1.66. The van der Waals surface area contributed by atoms with Gasteiger partial charge in [-0.2, -0.15) is 0 Å². The highest BCUT2D eigenvalue weighted by atomic mass is 35.5. The Morgan fingerprint density at radius 1 is 1.47 bits per heavy atom. The van der Waals surface area contributed by atoms with Gasteiger partial charge in [-0.25, -0.2) is 4.39 Å². The molecule has 1 atom stereocenters. The van der Waals surface area contributed by atoms with E-state index in [1.54, 1.807) is 6.07 Å². The molecule has 1 heterocycles. The molecule has 1 aromatic rings. The summed E-state index contributed by atoms with van der Waals surface area (Å²) in [4.78, 5) is 10.7. The van der Waals surface area contributed by atoms with Gasteiger partial charge in [0.15, 0.2) is 0 Å². The van der Waals surface area contributed by atoms with Crippen molar-refractivity contribution in [3.05, 3.63) is 35.1 Å². The summed E-state index contributed by atoms with van der Waals surface area (Å²) in [5.41, 5.74) is 1.76. The summed E-state index contributed by atoms with van der Waals surface area (Å²) in [6.07, 6.45) is 0.350. The molecule has 0 amide bonds. The third-order valence-corrected chi connectivity index (χ3v) is 2.43. The molecule has 0 saturated carbocycles. The Bertz CT molecular complexity index is 384. The van der Waals surface area contributed by atoms with Crippen LogP contribution in [-0.4, -0.2) is 17.1 Å². The van der Waals surface area contributed by atoms with Gasteiger partial charge >= 0.3 is 5.97 Å². The van der Waals surface area contributed by atoms with Crippen LogP contribution in [0.25, 0.3) is 0 Å². The van der Waals surface area contributed by atoms with Crippen LogP contribution in [0.5, 0.6) is 0 Å². The van der Waals surface area contributed by atoms with E-state index in [2.05, 4.69) is 5.32 Å². The lowest BCUT2D eigenvalue weighted by molar-refractivity contribution is -0.139. The summed E-state index contributed by atoms with van der Waals surface area (Å²) in [6, 6.07) is 3.90. The molecule has 0 aromatic heterocycles. The Hall–Kier alpha value is -1.13. The minimum Gasteiger partial charge on any atom is -0.480 e. The number of carboxylic acid groups (broad SMARTS) is 1. The van der Waals surface area contributed by atoms with Gasteiger partial charge in [0.2, 0.25) is 0 Å². The minimum atomic E-state index is -0.889. The van der Waals surface area contributed by atoms with Gasteiger partial charge in [0.1, 0.15) is 11.9 Å². The molecule has 1 unspecified atom stereocenters. The first-order chi connectivity index (χ1) is 6.66. The second-order valence-corrected chi connectivity index (χ2v) is 3.39. The highest BCUT2D eigenvalue weighted by Gasteiger charge is 2.23. The third kappa shape index (κ3) is 2.46. The van der Waals surface area contributed by atoms with Crippen molar-refractivity contribution in [2.24, 2.45) is 0 Å². The molecule has 1 aliphatic heterocycles. The summed E-state index contributed by atoms with van der Waals surface area (Å²) in [7, 11) is 0. The Morgan fingerprint density at radius 3 is 2.87 bits per heavy atom. The SMILES string of the molecule is Cl.O=C(O)C1Cc2cc(F)ccc2CN1. The number of nitrogens with one attached hydrogen (secondary N) is 1. The standard InChI is InChI=1S/C10H10FNO2.ClH/c11-8-2-1-6-5-12-9(10(13)14)4-7(6)3-8;/h1-3,9,12H,4-5H2,(H,13,14);1H. The van der Waals surface area contributed by atoms with Crippen molar-refractivity contribution in [3.63, 3.8) is 0 Å². The van der Waals surface area contributed by atoms with Crippen LogP contribution in [0.15, 0.2) is 18.2 Å². The van der Waals surface area contributed by atoms with Gasteiger partial charge in [-0.05, 0) is 29.7 Å². The summed E-state index contributed by atoms with van der Waals surface area (Å²) in [5.74, 6) is -1.20. The van der Waals surface area contributed by atoms with E-state index in [0.717, 1.165) is 11.1 Å². The molecule has 82 valence electrons. The largest absolute Gasteiger partial charge is 0.480 e. The van der Waals surface area contributed by atoms with Crippen LogP contribution in [-0.2, 0) is 17.8 Å². The van der Waals surface area contributed by atoms with Crippen LogP contribution in [0.4, 0.5) is 4.39 Å². The quantitative estimate of drug-likeness (QED) is 0.767. The predicted molar refractivity (Wildman–Crippen MR) is 55.6 cm³/mol. The number of benzene rings is 1. The average molecular weight is 232 g/mol. The highest BCUT2D eigenvalue weighted by molar-refractivity contribution is 5.85. The molecule has 3 nitrogen and oxygen atoms in total. The van der Waals surface area contributed by atoms with Gasteiger partial charge in [-0.15, -0.1) is 12.4 Å². The number of halogens is 2. The van der Waals surface area contributed by atoms with Crippen LogP contribution in [0.3, 0.4) is 0 Å². The summed E-state index contributed by atoms with van der Waals surface area (Å²) < 4.78 is 12.9. The molecule has 2 N–H and O–H groups in total. The molecule has 2 rings (SSSR count). The number of rotatable bonds is 1. The molecule has 15 heavy (non-hydrogen) atoms. The van der Waals surface area contributed by atoms with Crippen LogP contribution < -0.4 is 5.32 Å². The maximum Gasteiger partial charge on any atom is 0.321 e. The molecule has 0 aliphatic carbocycles. The Labute approximate surface area is 92.7 Å². The molecule has 1 aromatic carbocycles. The summed E-state index contributed by atoms with van der Waals surface area (Å²) in [5, 5.41) is 11.6. The molecule has 0 fully saturated rings. The lowest BCUT2D eigenvalue weighted by atomic mass is 9.96. The Balaban J connectivity index is 0.00000112. The zero-order valence-electron chi connectivity index (χ0n) is 7.87. The Morgan fingerprint density at radius 2 is 2.20 bits per heavy atom. The first-order valence-electron chi connectivity index (χ1n) is 4.40. The van der Waals surface area contributed by atoms with Crippen molar-refractivity contribution in [3.8, 4) is 0 Å². The fraction of sp³-hybridized carbons (Fsp3) is 0.300. The van der Waals surface area contributed by atoms with Crippen molar-refractivity contribution >= 4 is 18.4 Å². The van der Waals surface area contributed by atoms with Gasteiger partial charge < -0.3 is 10.4 Å². The van der Waals surface area contributed by atoms with Gasteiger partial charge in [0.25, 0.3) is 0 Å². The topological polar surface area (TPSA) is 49.3 Å². The van der Waals surface area contributed by atoms with Crippen molar-refractivity contribution in [2.75, 3.05) is 0 Å². The van der Waals surface area contributed by atoms with E-state index in [1.807, 2.05) is 0 Å². The molecule has 0 bridgehead atoms. The van der Waals surface area contributed by atoms with Crippen molar-refractivity contribution in [1.82, 2.24) is 5.32 Å². The maximum atomic E-state index is 12.9. The average Bonchev–Trinajstić information content (AvgIpc) is 2.16. The zero-order chi connectivity index (χ0) is 10.1. The van der Waals surface area contributed by atoms with Crippen LogP contribution in [0.2, 0.25) is 0 Å². The van der Waals surface area contributed by atoms with E-state index in [1.165, 1.54) is 12.1 Å². The zero-order valence-corrected chi connectivity index (χ0v) is 8.68. The predicted octanol–water partition coefficient (Wildman–Crippen LogP) is 1.35. The normalized spacial score (nSPS) is 18.9. The highest BCUT2D eigenvalue weighted by Crippen LogP contribution is 2.17. The van der Waals surface area contributed by atoms with Crippen molar-refractivity contribution < 1.29 is 14.3 Å². The van der Waals surface area contributed by atoms with E-state index in [-0.39, 0.29) is 18.2 Å². The summed E-state index contributed by atoms with van der Waals surface area (Å²) in [6.45, 7) is 0.493. The molecular weight excluding hydrogens is 221 g/mol. The number of hydrogen-bond acceptors (Lipinski definition) is 2. The molecule has 1 aliphatic rings. The van der Waals surface area contributed by atoms with Crippen LogP contribution >= 0.6 is 12.4 Å². The minimum absolute atomic E-state index is 0. The molecule has 0 spiro atoms. The van der Waals surface area contributed by atoms with E-state index in [4.69, 9.17) is 5.11 Å². The number of carboxylic acids is 1. The van der Waals surface area contributed by atoms with E-state index in [9.17, 15) is 9.18 Å². The van der Waals surface area contributed by atoms with Crippen LogP contribution in [0, 0.1) is 5.82 Å². The fourth-order valence-corrected chi connectivity index (χ4v) is 1.66. The van der Waals surface area contributed by atoms with Gasteiger partial charge in [0.05, 0.1) is 0 Å². The number of carbonyl (C=O) groups is 1. The second-order valence-electron chi connectivity index (χ2n) is 3.39. The van der Waals surface area contributed by atoms with Gasteiger partial charge in [-0.1, -0.05) is 6.07 Å². The third-order valence-electron chi connectivity index (χ3n) is 2.43. The number of aliphatic carboxylic acids is 1. The van der Waals surface area contributed by atoms with E-state index in [0.29, 0.717) is 13.0 Å². The van der Waals surface area contributed by atoms with Crippen LogP contribution in [0.1, 0.15) is 11.1 Å². The first kappa shape index (κ1) is 11.9. The summed E-state index contributed by atoms with van der Waals surface area (Å²) >= 11 is 0. The van der Waals surface area contributed by atoms with Crippen molar-refractivity contribution in [2.45, 2.75) is 19.0 Å². The van der Waals surface area contributed by atoms with Gasteiger partial charge in [-0.3, -0.25) is 4.79 Å². The monoisotopic (exact) mass is 231 g/mol. The van der Waals surface area contributed by atoms with E-state index < -0.39 is 12.0 Å². The second kappa shape index (κ2) is 4.59. The molecule has 0 radical (unpaired) electrons.